The zero-order chi connectivity index (χ0) is 10.1. The van der Waals surface area contributed by atoms with Gasteiger partial charge >= 0.3 is 5.97 Å². The van der Waals surface area contributed by atoms with E-state index in [1.54, 1.807) is 18.2 Å². The van der Waals surface area contributed by atoms with Crippen molar-refractivity contribution in [1.82, 2.24) is 5.16 Å². The van der Waals surface area contributed by atoms with Crippen LogP contribution in [-0.2, 0) is 0 Å². The molecule has 0 spiro atoms. The number of hydrogen-bond donors (Lipinski definition) is 1. The standard InChI is InChI=1S/C9H7NO3S/c1-5-4-6(13-10-5)7-2-3-8(14-7)9(11)12/h2-4H,1H3,(H,11,12). The molecule has 0 aliphatic heterocycles. The van der Waals surface area contributed by atoms with Crippen LogP contribution in [0, 0.1) is 6.92 Å². The smallest absolute Gasteiger partial charge is 0.345 e. The van der Waals surface area contributed by atoms with E-state index >= 15 is 0 Å². The number of aromatic nitrogens is 1. The van der Waals surface area contributed by atoms with Crippen molar-refractivity contribution >= 4 is 17.3 Å². The maximum atomic E-state index is 10.6. The van der Waals surface area contributed by atoms with Crippen LogP contribution in [0.2, 0.25) is 0 Å². The average molecular weight is 209 g/mol. The van der Waals surface area contributed by atoms with Gasteiger partial charge in [0.2, 0.25) is 0 Å². The van der Waals surface area contributed by atoms with Gasteiger partial charge in [0.25, 0.3) is 0 Å². The normalized spacial score (nSPS) is 10.4. The van der Waals surface area contributed by atoms with Crippen LogP contribution in [0.3, 0.4) is 0 Å². The summed E-state index contributed by atoms with van der Waals surface area (Å²) in [6.07, 6.45) is 0. The SMILES string of the molecule is Cc1cc(-c2ccc(C(=O)O)s2)on1. The van der Waals surface area contributed by atoms with E-state index < -0.39 is 5.97 Å². The topological polar surface area (TPSA) is 63.3 Å². The lowest BCUT2D eigenvalue weighted by Gasteiger charge is -1.85. The van der Waals surface area contributed by atoms with Crippen LogP contribution in [0.15, 0.2) is 22.7 Å². The molecule has 72 valence electrons. The van der Waals surface area contributed by atoms with Crippen LogP contribution >= 0.6 is 11.3 Å². The summed E-state index contributed by atoms with van der Waals surface area (Å²) in [5.41, 5.74) is 0.783. The Labute approximate surface area is 83.8 Å². The van der Waals surface area contributed by atoms with Crippen molar-refractivity contribution in [3.63, 3.8) is 0 Å². The Morgan fingerprint density at radius 3 is 2.86 bits per heavy atom. The third kappa shape index (κ3) is 1.54. The fourth-order valence-corrected chi connectivity index (χ4v) is 1.86. The molecule has 0 fully saturated rings. The molecule has 2 rings (SSSR count). The summed E-state index contributed by atoms with van der Waals surface area (Å²) in [6, 6.07) is 5.05. The fourth-order valence-electron chi connectivity index (χ4n) is 1.06. The third-order valence-electron chi connectivity index (χ3n) is 1.69. The summed E-state index contributed by atoms with van der Waals surface area (Å²) in [5.74, 6) is -0.308. The number of carboxylic acid groups (broad SMARTS) is 1. The van der Waals surface area contributed by atoms with Crippen molar-refractivity contribution < 1.29 is 14.4 Å². The Hall–Kier alpha value is -1.62. The lowest BCUT2D eigenvalue weighted by Crippen LogP contribution is -1.89. The van der Waals surface area contributed by atoms with E-state index in [-0.39, 0.29) is 0 Å². The molecule has 0 amide bonds. The first-order valence-corrected chi connectivity index (χ1v) is 4.75. The predicted molar refractivity (Wildman–Crippen MR) is 51.5 cm³/mol. The predicted octanol–water partition coefficient (Wildman–Crippen LogP) is 2.41. The maximum Gasteiger partial charge on any atom is 0.345 e. The lowest BCUT2D eigenvalue weighted by atomic mass is 10.3. The Balaban J connectivity index is 2.38. The highest BCUT2D eigenvalue weighted by atomic mass is 32.1. The lowest BCUT2D eigenvalue weighted by molar-refractivity contribution is 0.0702. The zero-order valence-electron chi connectivity index (χ0n) is 7.35. The number of carboxylic acids is 1. The van der Waals surface area contributed by atoms with Crippen LogP contribution < -0.4 is 0 Å². The van der Waals surface area contributed by atoms with Crippen LogP contribution in [0.4, 0.5) is 0 Å². The third-order valence-corrected chi connectivity index (χ3v) is 2.78. The molecule has 0 atom stereocenters. The van der Waals surface area contributed by atoms with Gasteiger partial charge in [-0.2, -0.15) is 0 Å². The summed E-state index contributed by atoms with van der Waals surface area (Å²) in [5, 5.41) is 12.4. The van der Waals surface area contributed by atoms with E-state index in [0.29, 0.717) is 10.6 Å². The van der Waals surface area contributed by atoms with Crippen LogP contribution in [-0.4, -0.2) is 16.2 Å². The van der Waals surface area contributed by atoms with Crippen molar-refractivity contribution in [3.8, 4) is 10.6 Å². The minimum Gasteiger partial charge on any atom is -0.477 e. The molecule has 2 heterocycles. The zero-order valence-corrected chi connectivity index (χ0v) is 8.17. The van der Waals surface area contributed by atoms with Crippen molar-refractivity contribution in [2.75, 3.05) is 0 Å². The van der Waals surface area contributed by atoms with Crippen molar-refractivity contribution in [3.05, 3.63) is 28.8 Å². The summed E-state index contributed by atoms with van der Waals surface area (Å²) in [6.45, 7) is 1.82. The van der Waals surface area contributed by atoms with Gasteiger partial charge in [-0.25, -0.2) is 4.79 Å². The molecule has 0 bridgehead atoms. The monoisotopic (exact) mass is 209 g/mol. The highest BCUT2D eigenvalue weighted by Crippen LogP contribution is 2.28. The number of carbonyl (C=O) groups is 1. The van der Waals surface area contributed by atoms with Crippen molar-refractivity contribution in [2.45, 2.75) is 6.92 Å². The molecule has 0 aliphatic rings. The van der Waals surface area contributed by atoms with E-state index in [1.807, 2.05) is 6.92 Å². The Kier molecular flexibility index (Phi) is 2.09. The van der Waals surface area contributed by atoms with Gasteiger partial charge < -0.3 is 9.63 Å². The number of thiophene rings is 1. The van der Waals surface area contributed by atoms with Crippen LogP contribution in [0.1, 0.15) is 15.4 Å². The first kappa shape index (κ1) is 8.96. The molecule has 2 aromatic heterocycles. The highest BCUT2D eigenvalue weighted by Gasteiger charge is 2.11. The molecule has 14 heavy (non-hydrogen) atoms. The van der Waals surface area contributed by atoms with Gasteiger partial charge in [-0.15, -0.1) is 11.3 Å². The molecule has 0 aromatic carbocycles. The van der Waals surface area contributed by atoms with Crippen LogP contribution in [0.25, 0.3) is 10.6 Å². The molecule has 0 radical (unpaired) electrons. The van der Waals surface area contributed by atoms with Gasteiger partial charge in [0.15, 0.2) is 5.76 Å². The fraction of sp³-hybridized carbons (Fsp3) is 0.111. The van der Waals surface area contributed by atoms with E-state index in [9.17, 15) is 4.79 Å². The van der Waals surface area contributed by atoms with Gasteiger partial charge in [0.1, 0.15) is 4.88 Å². The Morgan fingerprint density at radius 2 is 2.36 bits per heavy atom. The quantitative estimate of drug-likeness (QED) is 0.824. The molecule has 0 saturated heterocycles. The largest absolute Gasteiger partial charge is 0.477 e. The van der Waals surface area contributed by atoms with Gasteiger partial charge in [-0.1, -0.05) is 5.16 Å². The summed E-state index contributed by atoms with van der Waals surface area (Å²) >= 11 is 1.17. The second-order valence-electron chi connectivity index (χ2n) is 2.80. The number of hydrogen-bond acceptors (Lipinski definition) is 4. The molecular formula is C9H7NO3S. The van der Waals surface area contributed by atoms with Gasteiger partial charge in [0, 0.05) is 6.07 Å². The second-order valence-corrected chi connectivity index (χ2v) is 3.89. The van der Waals surface area contributed by atoms with Crippen molar-refractivity contribution in [2.24, 2.45) is 0 Å². The Bertz CT molecular complexity index is 472. The molecule has 4 nitrogen and oxygen atoms in total. The van der Waals surface area contributed by atoms with E-state index in [2.05, 4.69) is 5.16 Å². The molecular weight excluding hydrogens is 202 g/mol. The first-order chi connectivity index (χ1) is 6.66. The van der Waals surface area contributed by atoms with Gasteiger partial charge in [-0.3, -0.25) is 0 Å². The molecule has 2 aromatic rings. The van der Waals surface area contributed by atoms with E-state index in [1.165, 1.54) is 11.3 Å². The van der Waals surface area contributed by atoms with Crippen molar-refractivity contribution in [1.29, 1.82) is 0 Å². The molecule has 0 unspecified atom stereocenters. The average Bonchev–Trinajstić information content (AvgIpc) is 2.70. The Morgan fingerprint density at radius 1 is 1.57 bits per heavy atom. The number of aryl methyl sites for hydroxylation is 1. The summed E-state index contributed by atoms with van der Waals surface area (Å²) in [7, 11) is 0. The van der Waals surface area contributed by atoms with E-state index in [0.717, 1.165) is 10.6 Å². The van der Waals surface area contributed by atoms with Crippen LogP contribution in [0.5, 0.6) is 0 Å². The maximum absolute atomic E-state index is 10.6. The van der Waals surface area contributed by atoms with Gasteiger partial charge in [-0.05, 0) is 19.1 Å². The minimum absolute atomic E-state index is 0.300. The minimum atomic E-state index is -0.919. The molecule has 1 N–H and O–H groups in total. The number of nitrogens with zero attached hydrogens (tertiary/aromatic N) is 1. The molecule has 0 saturated carbocycles. The second kappa shape index (κ2) is 3.26. The summed E-state index contributed by atoms with van der Waals surface area (Å²) in [4.78, 5) is 11.7. The first-order valence-electron chi connectivity index (χ1n) is 3.93. The molecule has 5 heteroatoms. The van der Waals surface area contributed by atoms with E-state index in [4.69, 9.17) is 9.63 Å². The summed E-state index contributed by atoms with van der Waals surface area (Å²) < 4.78 is 5.01. The number of rotatable bonds is 2. The van der Waals surface area contributed by atoms with Gasteiger partial charge in [0.05, 0.1) is 10.6 Å². The molecule has 0 aliphatic carbocycles. The number of aromatic carboxylic acids is 1. The highest BCUT2D eigenvalue weighted by molar-refractivity contribution is 7.17.